The van der Waals surface area contributed by atoms with Gasteiger partial charge in [0.05, 0.1) is 19.3 Å². The van der Waals surface area contributed by atoms with Crippen molar-refractivity contribution < 1.29 is 4.74 Å². The van der Waals surface area contributed by atoms with Gasteiger partial charge in [-0.3, -0.25) is 4.90 Å². The van der Waals surface area contributed by atoms with E-state index in [9.17, 15) is 0 Å². The van der Waals surface area contributed by atoms with E-state index in [0.29, 0.717) is 0 Å². The van der Waals surface area contributed by atoms with E-state index >= 15 is 0 Å². The van der Waals surface area contributed by atoms with E-state index in [1.807, 2.05) is 22.9 Å². The van der Waals surface area contributed by atoms with Crippen LogP contribution >= 0.6 is 0 Å². The third-order valence-corrected chi connectivity index (χ3v) is 3.25. The van der Waals surface area contributed by atoms with Crippen molar-refractivity contribution in [1.29, 1.82) is 0 Å². The standard InChI is InChI=1S/C12H16N4O/c1-17-10-4-5-12-11(8-10)13-14-16(12)9-15-6-2-3-7-15/h4-5,8H,2-3,6-7,9H2,1H3. The summed E-state index contributed by atoms with van der Waals surface area (Å²) in [4.78, 5) is 2.40. The molecule has 3 rings (SSSR count). The van der Waals surface area contributed by atoms with Crippen molar-refractivity contribution in [3.63, 3.8) is 0 Å². The number of methoxy groups -OCH3 is 1. The zero-order chi connectivity index (χ0) is 11.7. The Kier molecular flexibility index (Phi) is 2.68. The summed E-state index contributed by atoms with van der Waals surface area (Å²) in [6, 6.07) is 5.89. The van der Waals surface area contributed by atoms with Crippen LogP contribution in [-0.2, 0) is 6.67 Å². The maximum atomic E-state index is 5.18. The lowest BCUT2D eigenvalue weighted by molar-refractivity contribution is 0.257. The largest absolute Gasteiger partial charge is 0.497 e. The number of rotatable bonds is 3. The number of hydrogen-bond acceptors (Lipinski definition) is 4. The molecule has 0 amide bonds. The maximum Gasteiger partial charge on any atom is 0.121 e. The number of hydrogen-bond donors (Lipinski definition) is 0. The molecule has 0 N–H and O–H groups in total. The van der Waals surface area contributed by atoms with Crippen LogP contribution in [0.2, 0.25) is 0 Å². The molecule has 2 heterocycles. The highest BCUT2D eigenvalue weighted by atomic mass is 16.5. The van der Waals surface area contributed by atoms with Crippen LogP contribution < -0.4 is 4.74 Å². The molecule has 90 valence electrons. The third-order valence-electron chi connectivity index (χ3n) is 3.25. The second kappa shape index (κ2) is 4.33. The molecule has 1 aromatic heterocycles. The normalized spacial score (nSPS) is 16.8. The number of nitrogens with zero attached hydrogens (tertiary/aromatic N) is 4. The van der Waals surface area contributed by atoms with Crippen molar-refractivity contribution in [3.8, 4) is 5.75 Å². The van der Waals surface area contributed by atoms with Gasteiger partial charge in [-0.2, -0.15) is 0 Å². The average molecular weight is 232 g/mol. The Hall–Kier alpha value is -1.62. The fraction of sp³-hybridized carbons (Fsp3) is 0.500. The molecule has 1 fully saturated rings. The average Bonchev–Trinajstić information content (AvgIpc) is 2.99. The minimum absolute atomic E-state index is 0.825. The van der Waals surface area contributed by atoms with E-state index in [2.05, 4.69) is 15.2 Å². The predicted octanol–water partition coefficient (Wildman–Crippen LogP) is 1.49. The third kappa shape index (κ3) is 1.98. The zero-order valence-electron chi connectivity index (χ0n) is 9.96. The summed E-state index contributed by atoms with van der Waals surface area (Å²) in [6.07, 6.45) is 2.58. The van der Waals surface area contributed by atoms with E-state index in [4.69, 9.17) is 4.74 Å². The van der Waals surface area contributed by atoms with Gasteiger partial charge >= 0.3 is 0 Å². The number of fused-ring (bicyclic) bond motifs is 1. The second-order valence-corrected chi connectivity index (χ2v) is 4.41. The molecule has 0 bridgehead atoms. The van der Waals surface area contributed by atoms with Crippen LogP contribution in [-0.4, -0.2) is 40.1 Å². The van der Waals surface area contributed by atoms with Crippen LogP contribution in [0.3, 0.4) is 0 Å². The van der Waals surface area contributed by atoms with Crippen molar-refractivity contribution in [1.82, 2.24) is 19.9 Å². The first-order chi connectivity index (χ1) is 8.36. The molecule has 1 aliphatic rings. The van der Waals surface area contributed by atoms with Crippen LogP contribution in [0.15, 0.2) is 18.2 Å². The second-order valence-electron chi connectivity index (χ2n) is 4.41. The van der Waals surface area contributed by atoms with Crippen molar-refractivity contribution in [2.45, 2.75) is 19.5 Å². The summed E-state index contributed by atoms with van der Waals surface area (Å²) in [6.45, 7) is 3.16. The van der Waals surface area contributed by atoms with Crippen molar-refractivity contribution in [2.24, 2.45) is 0 Å². The molecule has 0 atom stereocenters. The highest BCUT2D eigenvalue weighted by Gasteiger charge is 2.14. The van der Waals surface area contributed by atoms with E-state index in [0.717, 1.165) is 36.5 Å². The van der Waals surface area contributed by atoms with E-state index in [1.165, 1.54) is 12.8 Å². The smallest absolute Gasteiger partial charge is 0.121 e. The van der Waals surface area contributed by atoms with Gasteiger partial charge in [0.1, 0.15) is 11.3 Å². The molecule has 0 radical (unpaired) electrons. The summed E-state index contributed by atoms with van der Waals surface area (Å²) < 4.78 is 7.14. The number of likely N-dealkylation sites (tertiary alicyclic amines) is 1. The van der Waals surface area contributed by atoms with Gasteiger partial charge in [0.2, 0.25) is 0 Å². The van der Waals surface area contributed by atoms with Crippen molar-refractivity contribution >= 4 is 11.0 Å². The van der Waals surface area contributed by atoms with E-state index in [1.54, 1.807) is 7.11 Å². The molecule has 5 nitrogen and oxygen atoms in total. The first-order valence-electron chi connectivity index (χ1n) is 5.96. The highest BCUT2D eigenvalue weighted by molar-refractivity contribution is 5.75. The van der Waals surface area contributed by atoms with Crippen LogP contribution in [0.25, 0.3) is 11.0 Å². The predicted molar refractivity (Wildman–Crippen MR) is 64.9 cm³/mol. The van der Waals surface area contributed by atoms with E-state index < -0.39 is 0 Å². The zero-order valence-corrected chi connectivity index (χ0v) is 9.96. The fourth-order valence-electron chi connectivity index (χ4n) is 2.30. The fourth-order valence-corrected chi connectivity index (χ4v) is 2.30. The summed E-state index contributed by atoms with van der Waals surface area (Å²) in [7, 11) is 1.66. The summed E-state index contributed by atoms with van der Waals surface area (Å²) in [5.74, 6) is 0.825. The molecule has 0 saturated carbocycles. The first kappa shape index (κ1) is 10.5. The summed E-state index contributed by atoms with van der Waals surface area (Å²) >= 11 is 0. The Morgan fingerprint density at radius 2 is 2.12 bits per heavy atom. The van der Waals surface area contributed by atoms with Crippen LogP contribution in [0.4, 0.5) is 0 Å². The molecule has 17 heavy (non-hydrogen) atoms. The van der Waals surface area contributed by atoms with Gasteiger partial charge < -0.3 is 4.74 Å². The van der Waals surface area contributed by atoms with Crippen molar-refractivity contribution in [3.05, 3.63) is 18.2 Å². The molecule has 1 saturated heterocycles. The molecular weight excluding hydrogens is 216 g/mol. The monoisotopic (exact) mass is 232 g/mol. The Labute approximate surface area is 100.0 Å². The van der Waals surface area contributed by atoms with Crippen LogP contribution in [0.5, 0.6) is 5.75 Å². The lowest BCUT2D eigenvalue weighted by Gasteiger charge is -2.14. The molecule has 5 heteroatoms. The van der Waals surface area contributed by atoms with Gasteiger partial charge in [0.25, 0.3) is 0 Å². The van der Waals surface area contributed by atoms with Gasteiger partial charge in [-0.25, -0.2) is 4.68 Å². The van der Waals surface area contributed by atoms with E-state index in [-0.39, 0.29) is 0 Å². The van der Waals surface area contributed by atoms with Crippen molar-refractivity contribution in [2.75, 3.05) is 20.2 Å². The van der Waals surface area contributed by atoms with Crippen LogP contribution in [0.1, 0.15) is 12.8 Å². The molecule has 0 aliphatic carbocycles. The molecule has 1 aliphatic heterocycles. The van der Waals surface area contributed by atoms with Gasteiger partial charge in [0, 0.05) is 6.07 Å². The van der Waals surface area contributed by atoms with Gasteiger partial charge in [-0.1, -0.05) is 5.21 Å². The number of benzene rings is 1. The lowest BCUT2D eigenvalue weighted by Crippen LogP contribution is -2.23. The molecular formula is C12H16N4O. The van der Waals surface area contributed by atoms with Crippen LogP contribution in [0, 0.1) is 0 Å². The minimum atomic E-state index is 0.825. The SMILES string of the molecule is COc1ccc2c(c1)nnn2CN1CCCC1. The Bertz CT molecular complexity index is 516. The topological polar surface area (TPSA) is 43.2 Å². The van der Waals surface area contributed by atoms with Gasteiger partial charge in [-0.15, -0.1) is 5.10 Å². The molecule has 0 unspecified atom stereocenters. The number of aromatic nitrogens is 3. The summed E-state index contributed by atoms with van der Waals surface area (Å²) in [5.41, 5.74) is 1.96. The quantitative estimate of drug-likeness (QED) is 0.804. The Morgan fingerprint density at radius 3 is 2.88 bits per heavy atom. The lowest BCUT2D eigenvalue weighted by atomic mass is 10.3. The first-order valence-corrected chi connectivity index (χ1v) is 5.96. The van der Waals surface area contributed by atoms with Gasteiger partial charge in [0.15, 0.2) is 0 Å². The maximum absolute atomic E-state index is 5.18. The molecule has 0 spiro atoms. The van der Waals surface area contributed by atoms with Gasteiger partial charge in [-0.05, 0) is 38.1 Å². The number of ether oxygens (including phenoxy) is 1. The Morgan fingerprint density at radius 1 is 1.29 bits per heavy atom. The Balaban J connectivity index is 1.89. The molecule has 1 aromatic carbocycles. The molecule has 2 aromatic rings. The summed E-state index contributed by atoms with van der Waals surface area (Å²) in [5, 5.41) is 8.38. The minimum Gasteiger partial charge on any atom is -0.497 e. The highest BCUT2D eigenvalue weighted by Crippen LogP contribution is 2.19.